The quantitative estimate of drug-likeness (QED) is 0.622. The van der Waals surface area contributed by atoms with E-state index in [4.69, 9.17) is 4.74 Å². The van der Waals surface area contributed by atoms with Crippen LogP contribution in [0.3, 0.4) is 0 Å². The van der Waals surface area contributed by atoms with Crippen molar-refractivity contribution in [3.05, 3.63) is 36.5 Å². The lowest BCUT2D eigenvalue weighted by atomic mass is 9.81. The first kappa shape index (κ1) is 13.2. The van der Waals surface area contributed by atoms with Gasteiger partial charge in [0, 0.05) is 5.41 Å². The average Bonchev–Trinajstić information content (AvgIpc) is 2.13. The number of hydrogen-bond donors (Lipinski definition) is 0. The van der Waals surface area contributed by atoms with Gasteiger partial charge in [-0.1, -0.05) is 51.7 Å². The van der Waals surface area contributed by atoms with E-state index in [-0.39, 0.29) is 5.41 Å². The number of hydrogen-bond acceptors (Lipinski definition) is 1. The molecule has 0 spiro atoms. The van der Waals surface area contributed by atoms with Crippen molar-refractivity contribution in [2.24, 2.45) is 5.41 Å². The van der Waals surface area contributed by atoms with Crippen LogP contribution in [0.15, 0.2) is 36.5 Å². The molecule has 1 fully saturated rings. The molecule has 0 aromatic heterocycles. The van der Waals surface area contributed by atoms with Crippen molar-refractivity contribution >= 4 is 0 Å². The zero-order chi connectivity index (χ0) is 11.2. The van der Waals surface area contributed by atoms with Gasteiger partial charge in [-0.05, 0) is 12.5 Å². The van der Waals surface area contributed by atoms with Gasteiger partial charge in [0.2, 0.25) is 0 Å². The van der Waals surface area contributed by atoms with Crippen molar-refractivity contribution in [1.29, 1.82) is 0 Å². The number of rotatable bonds is 3. The molecule has 1 heteroatoms. The predicted molar refractivity (Wildman–Crippen MR) is 63.4 cm³/mol. The smallest absolute Gasteiger partial charge is 0.0582 e. The van der Waals surface area contributed by atoms with Gasteiger partial charge in [0.25, 0.3) is 0 Å². The molecule has 0 amide bonds. The molecule has 1 aliphatic rings. The Kier molecular flexibility index (Phi) is 5.47. The molecule has 1 rings (SSSR count). The molecule has 0 aromatic rings. The monoisotopic (exact) mass is 194 g/mol. The fourth-order valence-electron chi connectivity index (χ4n) is 1.04. The van der Waals surface area contributed by atoms with Crippen LogP contribution in [-0.4, -0.2) is 13.2 Å². The largest absolute Gasteiger partial charge is 0.379 e. The molecule has 0 atom stereocenters. The average molecular weight is 194 g/mol. The molecule has 0 bridgehead atoms. The molecule has 1 nitrogen and oxygen atoms in total. The van der Waals surface area contributed by atoms with Gasteiger partial charge >= 0.3 is 0 Å². The second-order valence-electron chi connectivity index (χ2n) is 3.76. The summed E-state index contributed by atoms with van der Waals surface area (Å²) in [6.07, 6.45) is 4.02. The highest BCUT2D eigenvalue weighted by Crippen LogP contribution is 2.34. The summed E-state index contributed by atoms with van der Waals surface area (Å²) < 4.78 is 5.15. The maximum absolute atomic E-state index is 5.15. The zero-order valence-electron chi connectivity index (χ0n) is 9.89. The molecular formula is C13H22O. The van der Waals surface area contributed by atoms with E-state index in [1.807, 2.05) is 32.9 Å². The molecule has 14 heavy (non-hydrogen) atoms. The topological polar surface area (TPSA) is 9.23 Å². The second kappa shape index (κ2) is 5.82. The Morgan fingerprint density at radius 3 is 2.00 bits per heavy atom. The highest BCUT2D eigenvalue weighted by atomic mass is 16.5. The van der Waals surface area contributed by atoms with Crippen LogP contribution in [0.5, 0.6) is 0 Å². The van der Waals surface area contributed by atoms with Crippen LogP contribution < -0.4 is 0 Å². The Morgan fingerprint density at radius 1 is 1.21 bits per heavy atom. The van der Waals surface area contributed by atoms with E-state index in [9.17, 15) is 0 Å². The highest BCUT2D eigenvalue weighted by molar-refractivity contribution is 5.29. The maximum Gasteiger partial charge on any atom is 0.0582 e. The fraction of sp³-hybridized carbons (Fsp3) is 0.538. The summed E-state index contributed by atoms with van der Waals surface area (Å²) in [6, 6.07) is 0. The summed E-state index contributed by atoms with van der Waals surface area (Å²) in [5, 5.41) is 0. The summed E-state index contributed by atoms with van der Waals surface area (Å²) in [6.45, 7) is 17.5. The lowest BCUT2D eigenvalue weighted by Gasteiger charge is -2.38. The van der Waals surface area contributed by atoms with Gasteiger partial charge < -0.3 is 4.74 Å². The summed E-state index contributed by atoms with van der Waals surface area (Å²) in [5.41, 5.74) is 2.36. The van der Waals surface area contributed by atoms with Crippen LogP contribution in [0.25, 0.3) is 0 Å². The fourth-order valence-corrected chi connectivity index (χ4v) is 1.04. The van der Waals surface area contributed by atoms with Crippen LogP contribution in [0.1, 0.15) is 27.7 Å². The van der Waals surface area contributed by atoms with Crippen LogP contribution in [-0.2, 0) is 4.74 Å². The van der Waals surface area contributed by atoms with Gasteiger partial charge in [-0.25, -0.2) is 0 Å². The standard InChI is InChI=1S/C11H16O.C2H6/c1-9(2)5-6-10(3)11(4)7-12-8-11;1-2/h5-6H,1,3,7-8H2,2,4H3;1-2H3/b6-5-;. The minimum absolute atomic E-state index is 0.173. The van der Waals surface area contributed by atoms with E-state index in [1.54, 1.807) is 0 Å². The minimum Gasteiger partial charge on any atom is -0.379 e. The lowest BCUT2D eigenvalue weighted by molar-refractivity contribution is -0.0756. The third-order valence-electron chi connectivity index (χ3n) is 2.19. The zero-order valence-corrected chi connectivity index (χ0v) is 9.89. The van der Waals surface area contributed by atoms with E-state index in [2.05, 4.69) is 20.1 Å². The molecule has 0 radical (unpaired) electrons. The third-order valence-corrected chi connectivity index (χ3v) is 2.19. The SMILES string of the molecule is C=C(C)/C=C\C(=C)C1(C)COC1.CC. The Morgan fingerprint density at radius 2 is 1.71 bits per heavy atom. The molecule has 0 aromatic carbocycles. The lowest BCUT2D eigenvalue weighted by Crippen LogP contribution is -2.40. The molecule has 0 saturated carbocycles. The number of allylic oxidation sites excluding steroid dienone is 3. The van der Waals surface area contributed by atoms with E-state index in [1.165, 1.54) is 0 Å². The van der Waals surface area contributed by atoms with Crippen LogP contribution >= 0.6 is 0 Å². The first-order valence-corrected chi connectivity index (χ1v) is 5.15. The molecule has 0 N–H and O–H groups in total. The first-order chi connectivity index (χ1) is 6.54. The van der Waals surface area contributed by atoms with Gasteiger partial charge in [0.05, 0.1) is 13.2 Å². The molecule has 1 heterocycles. The molecular weight excluding hydrogens is 172 g/mol. The van der Waals surface area contributed by atoms with Gasteiger partial charge in [-0.3, -0.25) is 0 Å². The van der Waals surface area contributed by atoms with E-state index in [0.717, 1.165) is 24.4 Å². The molecule has 0 unspecified atom stereocenters. The molecule has 80 valence electrons. The van der Waals surface area contributed by atoms with Gasteiger partial charge in [0.1, 0.15) is 0 Å². The maximum atomic E-state index is 5.15. The van der Waals surface area contributed by atoms with Crippen molar-refractivity contribution < 1.29 is 4.74 Å². The normalized spacial score (nSPS) is 18.0. The van der Waals surface area contributed by atoms with Crippen molar-refractivity contribution in [3.8, 4) is 0 Å². The highest BCUT2D eigenvalue weighted by Gasteiger charge is 2.34. The number of ether oxygens (including phenoxy) is 1. The van der Waals surface area contributed by atoms with Gasteiger partial charge in [-0.15, -0.1) is 0 Å². The van der Waals surface area contributed by atoms with E-state index in [0.29, 0.717) is 0 Å². The van der Waals surface area contributed by atoms with Crippen LogP contribution in [0, 0.1) is 5.41 Å². The first-order valence-electron chi connectivity index (χ1n) is 5.15. The van der Waals surface area contributed by atoms with Crippen LogP contribution in [0.4, 0.5) is 0 Å². The Labute approximate surface area is 88.2 Å². The minimum atomic E-state index is 0.173. The summed E-state index contributed by atoms with van der Waals surface area (Å²) in [4.78, 5) is 0. The molecule has 0 aliphatic carbocycles. The Balaban J connectivity index is 0.000000791. The summed E-state index contributed by atoms with van der Waals surface area (Å²) >= 11 is 0. The Bertz CT molecular complexity index is 232. The third kappa shape index (κ3) is 3.51. The summed E-state index contributed by atoms with van der Waals surface area (Å²) in [7, 11) is 0. The summed E-state index contributed by atoms with van der Waals surface area (Å²) in [5.74, 6) is 0. The van der Waals surface area contributed by atoms with Crippen molar-refractivity contribution in [3.63, 3.8) is 0 Å². The predicted octanol–water partition coefficient (Wildman–Crippen LogP) is 3.74. The second-order valence-corrected chi connectivity index (χ2v) is 3.76. The van der Waals surface area contributed by atoms with Crippen LogP contribution in [0.2, 0.25) is 0 Å². The van der Waals surface area contributed by atoms with Gasteiger partial charge in [-0.2, -0.15) is 0 Å². The van der Waals surface area contributed by atoms with Gasteiger partial charge in [0.15, 0.2) is 0 Å². The van der Waals surface area contributed by atoms with E-state index >= 15 is 0 Å². The molecule has 1 saturated heterocycles. The van der Waals surface area contributed by atoms with Crippen molar-refractivity contribution in [1.82, 2.24) is 0 Å². The van der Waals surface area contributed by atoms with E-state index < -0.39 is 0 Å². The van der Waals surface area contributed by atoms with Crippen molar-refractivity contribution in [2.45, 2.75) is 27.7 Å². The van der Waals surface area contributed by atoms with Crippen molar-refractivity contribution in [2.75, 3.05) is 13.2 Å². The molecule has 1 aliphatic heterocycles. The Hall–Kier alpha value is -0.820.